The van der Waals surface area contributed by atoms with Gasteiger partial charge in [-0.3, -0.25) is 4.79 Å². The molecule has 0 aromatic carbocycles. The summed E-state index contributed by atoms with van der Waals surface area (Å²) in [7, 11) is -5.66. The molecule has 1 rings (SSSR count). The van der Waals surface area contributed by atoms with Gasteiger partial charge in [-0.05, 0) is 25.7 Å². The summed E-state index contributed by atoms with van der Waals surface area (Å²) >= 11 is 0. The molecule has 11 heteroatoms. The van der Waals surface area contributed by atoms with Gasteiger partial charge in [-0.25, -0.2) is 0 Å². The van der Waals surface area contributed by atoms with Crippen LogP contribution in [0, 0.1) is 11.8 Å². The zero-order valence-electron chi connectivity index (χ0n) is 13.5. The Kier molecular flexibility index (Phi) is 15.3. The third-order valence-corrected chi connectivity index (χ3v) is 5.57. The third kappa shape index (κ3) is 6.43. The molecule has 7 nitrogen and oxygen atoms in total. The van der Waals surface area contributed by atoms with E-state index in [4.69, 9.17) is 0 Å². The fourth-order valence-corrected chi connectivity index (χ4v) is 3.66. The molecule has 0 amide bonds. The summed E-state index contributed by atoms with van der Waals surface area (Å²) in [5.41, 5.74) is 0. The zero-order chi connectivity index (χ0) is 14.8. The summed E-state index contributed by atoms with van der Waals surface area (Å²) in [6, 6.07) is 0. The number of carbonyl (C=O) groups excluding carboxylic acids is 1. The molecule has 0 heterocycles. The first-order valence-electron chi connectivity index (χ1n) is 6.08. The fourth-order valence-electron chi connectivity index (χ4n) is 2.78. The van der Waals surface area contributed by atoms with Gasteiger partial charge in [-0.15, -0.1) is 0 Å². The molecule has 1 saturated carbocycles. The van der Waals surface area contributed by atoms with Crippen molar-refractivity contribution in [1.82, 2.24) is 0 Å². The Hall–Kier alpha value is 2.09. The smallest absolute Gasteiger partial charge is 0.810 e. The molecule has 1 aliphatic carbocycles. The monoisotopic (exact) mass is 360 g/mol. The summed E-state index contributed by atoms with van der Waals surface area (Å²) < 4.78 is 11.3. The van der Waals surface area contributed by atoms with Crippen LogP contribution in [0.1, 0.15) is 39.0 Å². The van der Waals surface area contributed by atoms with Crippen molar-refractivity contribution in [3.8, 4) is 0 Å². The van der Waals surface area contributed by atoms with Gasteiger partial charge < -0.3 is 29.4 Å². The van der Waals surface area contributed by atoms with Gasteiger partial charge in [0.1, 0.15) is 0 Å². The number of carboxylic acid groups (broad SMARTS) is 2. The number of hydrogen-bond donors (Lipinski definition) is 1. The summed E-state index contributed by atoms with van der Waals surface area (Å²) in [6.07, 6.45) is 3.08. The number of carboxylic acids is 2. The summed E-state index contributed by atoms with van der Waals surface area (Å²) in [5, 5.41) is 17.4. The first-order valence-corrected chi connectivity index (χ1v) is 7.63. The topological polar surface area (TPSA) is 141 Å². The molecule has 0 saturated heterocycles. The fraction of sp³-hybridized carbons (Fsp3) is 0.818. The van der Waals surface area contributed by atoms with Crippen LogP contribution >= 0.6 is 7.60 Å². The maximum Gasteiger partial charge on any atom is 1.00 e. The van der Waals surface area contributed by atoms with E-state index in [-0.39, 0.29) is 88.7 Å². The summed E-state index contributed by atoms with van der Waals surface area (Å²) in [4.78, 5) is 45.0. The molecule has 0 aliphatic heterocycles. The van der Waals surface area contributed by atoms with Crippen molar-refractivity contribution in [2.45, 2.75) is 44.2 Å². The second-order valence-corrected chi connectivity index (χ2v) is 7.07. The minimum absolute atomic E-state index is 0. The second-order valence-electron chi connectivity index (χ2n) is 5.15. The molecule has 22 heavy (non-hydrogen) atoms. The molecule has 110 valence electrons. The molecular weight excluding hydrogens is 344 g/mol. The van der Waals surface area contributed by atoms with Crippen molar-refractivity contribution >= 4 is 19.5 Å². The van der Waals surface area contributed by atoms with Crippen LogP contribution in [0.4, 0.5) is 0 Å². The summed E-state index contributed by atoms with van der Waals surface area (Å²) in [6.45, 7) is 0.649. The average Bonchev–Trinajstić information content (AvgIpc) is 2.28. The standard InChI is InChI=1S/C11H19O7P.3Na/c1-11(10(14)15,19(16,17)18)8(9(12)13)7-5-3-2-4-6-7;;;/h7-8H,2-6H2,1H3,(H,12,13)(H,14,15)(H2,16,17,18);;;/q;3*+1/p-3. The van der Waals surface area contributed by atoms with Crippen LogP contribution < -0.4 is 104 Å². The van der Waals surface area contributed by atoms with Crippen LogP contribution in [-0.4, -0.2) is 22.2 Å². The predicted molar refractivity (Wildman–Crippen MR) is 58.7 cm³/mol. The quantitative estimate of drug-likeness (QED) is 0.379. The molecule has 0 aromatic heterocycles. The number of carbonyl (C=O) groups is 2. The molecular formula is C11H16Na3O7P. The average molecular weight is 360 g/mol. The molecule has 0 spiro atoms. The van der Waals surface area contributed by atoms with E-state index in [1.165, 1.54) is 0 Å². The normalized spacial score (nSPS) is 19.4. The Bertz CT molecular complexity index is 422. The van der Waals surface area contributed by atoms with E-state index in [1.807, 2.05) is 0 Å². The minimum atomic E-state index is -5.66. The van der Waals surface area contributed by atoms with E-state index in [2.05, 4.69) is 0 Å². The van der Waals surface area contributed by atoms with Crippen LogP contribution in [0.2, 0.25) is 0 Å². The van der Waals surface area contributed by atoms with Crippen molar-refractivity contribution in [1.29, 1.82) is 0 Å². The maximum atomic E-state index is 11.3. The van der Waals surface area contributed by atoms with Crippen molar-refractivity contribution in [3.05, 3.63) is 0 Å². The predicted octanol–water partition coefficient (Wildman–Crippen LogP) is -10.3. The van der Waals surface area contributed by atoms with Crippen LogP contribution in [0.3, 0.4) is 0 Å². The Morgan fingerprint density at radius 1 is 1.14 bits per heavy atom. The third-order valence-electron chi connectivity index (χ3n) is 3.98. The molecule has 1 aliphatic rings. The van der Waals surface area contributed by atoms with Gasteiger partial charge in [0.05, 0.1) is 11.9 Å². The van der Waals surface area contributed by atoms with Gasteiger partial charge >= 0.3 is 94.6 Å². The number of hydrogen-bond acceptors (Lipinski definition) is 6. The minimum Gasteiger partial charge on any atom is -0.810 e. The van der Waals surface area contributed by atoms with E-state index in [9.17, 15) is 34.2 Å². The second kappa shape index (κ2) is 11.7. The Labute approximate surface area is 196 Å². The van der Waals surface area contributed by atoms with E-state index < -0.39 is 36.5 Å². The van der Waals surface area contributed by atoms with Crippen molar-refractivity contribution < 1.29 is 123 Å². The molecule has 0 aromatic rings. The van der Waals surface area contributed by atoms with Crippen LogP contribution in [0.25, 0.3) is 0 Å². The van der Waals surface area contributed by atoms with E-state index in [0.717, 1.165) is 6.42 Å². The molecule has 2 unspecified atom stereocenters. The van der Waals surface area contributed by atoms with Crippen LogP contribution in [0.5, 0.6) is 0 Å². The summed E-state index contributed by atoms with van der Waals surface area (Å²) in [5.74, 6) is -6.12. The van der Waals surface area contributed by atoms with Gasteiger partial charge in [0.2, 0.25) is 0 Å². The van der Waals surface area contributed by atoms with Gasteiger partial charge in [-0.2, -0.15) is 0 Å². The first-order chi connectivity index (χ1) is 8.62. The van der Waals surface area contributed by atoms with Crippen molar-refractivity contribution in [3.63, 3.8) is 0 Å². The maximum absolute atomic E-state index is 11.3. The van der Waals surface area contributed by atoms with Crippen molar-refractivity contribution in [2.75, 3.05) is 0 Å². The van der Waals surface area contributed by atoms with Gasteiger partial charge in [0.15, 0.2) is 0 Å². The van der Waals surface area contributed by atoms with Crippen LogP contribution in [-0.2, 0) is 14.2 Å². The van der Waals surface area contributed by atoms with E-state index >= 15 is 0 Å². The molecule has 0 bridgehead atoms. The van der Waals surface area contributed by atoms with Crippen molar-refractivity contribution in [2.24, 2.45) is 11.8 Å². The number of rotatable bonds is 5. The first kappa shape index (κ1) is 28.9. The largest absolute Gasteiger partial charge is 1.00 e. The molecule has 2 atom stereocenters. The Balaban J connectivity index is -0.00000120. The molecule has 1 fully saturated rings. The zero-order valence-corrected chi connectivity index (χ0v) is 20.4. The Morgan fingerprint density at radius 2 is 1.55 bits per heavy atom. The van der Waals surface area contributed by atoms with Crippen LogP contribution in [0.15, 0.2) is 0 Å². The van der Waals surface area contributed by atoms with E-state index in [1.54, 1.807) is 0 Å². The van der Waals surface area contributed by atoms with E-state index in [0.29, 0.717) is 32.6 Å². The number of aliphatic carboxylic acids is 2. The molecule has 1 N–H and O–H groups in total. The van der Waals surface area contributed by atoms with Gasteiger partial charge in [0.25, 0.3) is 0 Å². The van der Waals surface area contributed by atoms with Gasteiger partial charge in [-0.1, -0.05) is 26.9 Å². The SMILES string of the molecule is CC(C(=O)[O-])(C(C(=O)O)C1CCCCC1)P(=O)([O-])[O-].[Na+].[Na+].[Na+]. The Morgan fingerprint density at radius 3 is 1.82 bits per heavy atom. The molecule has 0 radical (unpaired) electrons. The van der Waals surface area contributed by atoms with Gasteiger partial charge in [0, 0.05) is 5.16 Å².